The highest BCUT2D eigenvalue weighted by Crippen LogP contribution is 2.21. The van der Waals surface area contributed by atoms with Crippen LogP contribution in [0.5, 0.6) is 0 Å². The highest BCUT2D eigenvalue weighted by molar-refractivity contribution is 5.64. The number of hydrogen-bond acceptors (Lipinski definition) is 3. The summed E-state index contributed by atoms with van der Waals surface area (Å²) in [7, 11) is 3.89. The van der Waals surface area contributed by atoms with E-state index in [0.717, 1.165) is 17.7 Å². The Hall–Kier alpha value is -1.68. The van der Waals surface area contributed by atoms with Gasteiger partial charge in [0.1, 0.15) is 0 Å². The quantitative estimate of drug-likeness (QED) is 0.813. The Morgan fingerprint density at radius 3 is 2.73 bits per heavy atom. The Kier molecular flexibility index (Phi) is 2.78. The highest BCUT2D eigenvalue weighted by atomic mass is 15.3. The van der Waals surface area contributed by atoms with Crippen LogP contribution in [0.2, 0.25) is 0 Å². The molecule has 2 aromatic rings. The van der Waals surface area contributed by atoms with Crippen LogP contribution in [0.4, 0.5) is 0 Å². The fourth-order valence-corrected chi connectivity index (χ4v) is 1.61. The van der Waals surface area contributed by atoms with Crippen molar-refractivity contribution in [2.24, 2.45) is 7.05 Å². The van der Waals surface area contributed by atoms with E-state index in [1.54, 1.807) is 12.4 Å². The molecule has 0 aromatic carbocycles. The Balaban J connectivity index is 2.44. The van der Waals surface area contributed by atoms with Gasteiger partial charge in [0.15, 0.2) is 0 Å². The van der Waals surface area contributed by atoms with E-state index in [0.29, 0.717) is 0 Å². The van der Waals surface area contributed by atoms with Gasteiger partial charge in [-0.05, 0) is 24.7 Å². The summed E-state index contributed by atoms with van der Waals surface area (Å²) in [5.74, 6) is 0. The smallest absolute Gasteiger partial charge is 0.0597 e. The Labute approximate surface area is 89.0 Å². The third-order valence-corrected chi connectivity index (χ3v) is 2.40. The summed E-state index contributed by atoms with van der Waals surface area (Å²) in [6.45, 7) is 0.814. The SMILES string of the molecule is CNCc1c(-c2ccncc2)cnn1C. The summed E-state index contributed by atoms with van der Waals surface area (Å²) in [6, 6.07) is 3.99. The molecular formula is C11H14N4. The average Bonchev–Trinajstić information content (AvgIpc) is 2.63. The molecule has 0 atom stereocenters. The van der Waals surface area contributed by atoms with E-state index < -0.39 is 0 Å². The molecule has 0 amide bonds. The molecule has 0 radical (unpaired) electrons. The zero-order valence-corrected chi connectivity index (χ0v) is 8.94. The van der Waals surface area contributed by atoms with E-state index in [1.165, 1.54) is 5.69 Å². The van der Waals surface area contributed by atoms with Gasteiger partial charge >= 0.3 is 0 Å². The first kappa shape index (κ1) is 9.86. The van der Waals surface area contributed by atoms with Crippen molar-refractivity contribution in [3.05, 3.63) is 36.4 Å². The average molecular weight is 202 g/mol. The van der Waals surface area contributed by atoms with Crippen molar-refractivity contribution in [1.29, 1.82) is 0 Å². The van der Waals surface area contributed by atoms with Gasteiger partial charge in [0.25, 0.3) is 0 Å². The second kappa shape index (κ2) is 4.23. The third kappa shape index (κ3) is 1.89. The molecule has 0 unspecified atom stereocenters. The minimum Gasteiger partial charge on any atom is -0.314 e. The van der Waals surface area contributed by atoms with E-state index in [-0.39, 0.29) is 0 Å². The largest absolute Gasteiger partial charge is 0.314 e. The van der Waals surface area contributed by atoms with Crippen molar-refractivity contribution in [2.75, 3.05) is 7.05 Å². The lowest BCUT2D eigenvalue weighted by atomic mass is 10.1. The molecular weight excluding hydrogens is 188 g/mol. The zero-order chi connectivity index (χ0) is 10.7. The molecule has 0 saturated carbocycles. The van der Waals surface area contributed by atoms with Crippen LogP contribution >= 0.6 is 0 Å². The summed E-state index contributed by atoms with van der Waals surface area (Å²) >= 11 is 0. The van der Waals surface area contributed by atoms with Gasteiger partial charge in [0.2, 0.25) is 0 Å². The molecule has 0 aliphatic rings. The summed E-state index contributed by atoms with van der Waals surface area (Å²) in [5.41, 5.74) is 3.50. The molecule has 0 aliphatic heterocycles. The molecule has 2 rings (SSSR count). The zero-order valence-electron chi connectivity index (χ0n) is 8.94. The van der Waals surface area contributed by atoms with Crippen LogP contribution in [0.15, 0.2) is 30.7 Å². The number of nitrogens with zero attached hydrogens (tertiary/aromatic N) is 3. The minimum atomic E-state index is 0.814. The van der Waals surface area contributed by atoms with E-state index in [1.807, 2.05) is 37.1 Å². The maximum Gasteiger partial charge on any atom is 0.0597 e. The summed E-state index contributed by atoms with van der Waals surface area (Å²) < 4.78 is 1.90. The normalized spacial score (nSPS) is 10.5. The fraction of sp³-hybridized carbons (Fsp3) is 0.273. The molecule has 0 aliphatic carbocycles. The van der Waals surface area contributed by atoms with Crippen molar-refractivity contribution in [2.45, 2.75) is 6.54 Å². The molecule has 0 spiro atoms. The van der Waals surface area contributed by atoms with E-state index in [9.17, 15) is 0 Å². The standard InChI is InChI=1S/C11H14N4/c1-12-8-11-10(7-14-15(11)2)9-3-5-13-6-4-9/h3-7,12H,8H2,1-2H3. The van der Waals surface area contributed by atoms with Crippen LogP contribution in [-0.2, 0) is 13.6 Å². The number of rotatable bonds is 3. The molecule has 4 heteroatoms. The topological polar surface area (TPSA) is 42.7 Å². The molecule has 0 saturated heterocycles. The third-order valence-electron chi connectivity index (χ3n) is 2.40. The second-order valence-corrected chi connectivity index (χ2v) is 3.39. The van der Waals surface area contributed by atoms with Gasteiger partial charge in [-0.1, -0.05) is 0 Å². The molecule has 0 fully saturated rings. The summed E-state index contributed by atoms with van der Waals surface area (Å²) in [4.78, 5) is 4.01. The van der Waals surface area contributed by atoms with Gasteiger partial charge in [-0.15, -0.1) is 0 Å². The number of aromatic nitrogens is 3. The predicted octanol–water partition coefficient (Wildman–Crippen LogP) is 1.20. The first-order valence-electron chi connectivity index (χ1n) is 4.89. The van der Waals surface area contributed by atoms with Crippen LogP contribution in [0, 0.1) is 0 Å². The molecule has 2 heterocycles. The summed E-state index contributed by atoms with van der Waals surface area (Å²) in [5, 5.41) is 7.41. The molecule has 0 bridgehead atoms. The van der Waals surface area contributed by atoms with E-state index in [2.05, 4.69) is 15.4 Å². The maximum absolute atomic E-state index is 4.27. The maximum atomic E-state index is 4.27. The second-order valence-electron chi connectivity index (χ2n) is 3.39. The van der Waals surface area contributed by atoms with Crippen LogP contribution < -0.4 is 5.32 Å². The van der Waals surface area contributed by atoms with Gasteiger partial charge in [0, 0.05) is 31.5 Å². The van der Waals surface area contributed by atoms with Crippen molar-refractivity contribution in [1.82, 2.24) is 20.1 Å². The fourth-order valence-electron chi connectivity index (χ4n) is 1.61. The number of pyridine rings is 1. The van der Waals surface area contributed by atoms with Crippen molar-refractivity contribution in [3.63, 3.8) is 0 Å². The molecule has 78 valence electrons. The minimum absolute atomic E-state index is 0.814. The first-order valence-corrected chi connectivity index (χ1v) is 4.89. The van der Waals surface area contributed by atoms with Crippen molar-refractivity contribution < 1.29 is 0 Å². The van der Waals surface area contributed by atoms with E-state index >= 15 is 0 Å². The Morgan fingerprint density at radius 1 is 1.33 bits per heavy atom. The van der Waals surface area contributed by atoms with Crippen molar-refractivity contribution in [3.8, 4) is 11.1 Å². The van der Waals surface area contributed by atoms with Crippen LogP contribution in [-0.4, -0.2) is 21.8 Å². The summed E-state index contributed by atoms with van der Waals surface area (Å²) in [6.07, 6.45) is 5.49. The lowest BCUT2D eigenvalue weighted by Crippen LogP contribution is -2.10. The number of aryl methyl sites for hydroxylation is 1. The molecule has 4 nitrogen and oxygen atoms in total. The van der Waals surface area contributed by atoms with Gasteiger partial charge in [0.05, 0.1) is 11.9 Å². The molecule has 15 heavy (non-hydrogen) atoms. The number of nitrogens with one attached hydrogen (secondary N) is 1. The van der Waals surface area contributed by atoms with Crippen LogP contribution in [0.25, 0.3) is 11.1 Å². The van der Waals surface area contributed by atoms with Gasteiger partial charge < -0.3 is 5.32 Å². The van der Waals surface area contributed by atoms with Crippen LogP contribution in [0.3, 0.4) is 0 Å². The van der Waals surface area contributed by atoms with Gasteiger partial charge in [-0.3, -0.25) is 9.67 Å². The Morgan fingerprint density at radius 2 is 2.07 bits per heavy atom. The lowest BCUT2D eigenvalue weighted by Gasteiger charge is -2.05. The van der Waals surface area contributed by atoms with Gasteiger partial charge in [-0.25, -0.2) is 0 Å². The monoisotopic (exact) mass is 202 g/mol. The van der Waals surface area contributed by atoms with Crippen molar-refractivity contribution >= 4 is 0 Å². The van der Waals surface area contributed by atoms with Crippen LogP contribution in [0.1, 0.15) is 5.69 Å². The molecule has 1 N–H and O–H groups in total. The van der Waals surface area contributed by atoms with Gasteiger partial charge in [-0.2, -0.15) is 5.10 Å². The lowest BCUT2D eigenvalue weighted by molar-refractivity contribution is 0.673. The Bertz CT molecular complexity index is 433. The predicted molar refractivity (Wildman–Crippen MR) is 59.2 cm³/mol. The first-order chi connectivity index (χ1) is 7.33. The highest BCUT2D eigenvalue weighted by Gasteiger charge is 2.08. The van der Waals surface area contributed by atoms with E-state index in [4.69, 9.17) is 0 Å². The number of hydrogen-bond donors (Lipinski definition) is 1. The molecule has 2 aromatic heterocycles.